The number of hydrogen-bond donors (Lipinski definition) is 0. The second-order valence-electron chi connectivity index (χ2n) is 5.42. The second kappa shape index (κ2) is 6.33. The van der Waals surface area contributed by atoms with Crippen LogP contribution in [0.15, 0.2) is 24.3 Å². The molecule has 2 nitrogen and oxygen atoms in total. The molecule has 0 bridgehead atoms. The molecule has 0 spiro atoms. The van der Waals surface area contributed by atoms with Gasteiger partial charge in [0.2, 0.25) is 0 Å². The zero-order chi connectivity index (χ0) is 17.4. The molecule has 0 fully saturated rings. The summed E-state index contributed by atoms with van der Waals surface area (Å²) in [5.41, 5.74) is -0.388. The Balaban J connectivity index is 2.25. The van der Waals surface area contributed by atoms with Crippen molar-refractivity contribution in [1.82, 2.24) is 0 Å². The molecule has 0 aliphatic carbocycles. The molecule has 1 aliphatic rings. The van der Waals surface area contributed by atoms with Crippen molar-refractivity contribution in [2.24, 2.45) is 0 Å². The minimum atomic E-state index is -2.96. The Morgan fingerprint density at radius 2 is 1.96 bits per heavy atom. The minimum Gasteiger partial charge on any atom is -0.338 e. The molecule has 0 N–H and O–H groups in total. The molecule has 0 saturated heterocycles. The molecule has 1 aliphatic heterocycles. The maximum atomic E-state index is 14.3. The number of benzene rings is 2. The first-order valence-electron chi connectivity index (χ1n) is 7.20. The first kappa shape index (κ1) is 16.6. The Kier molecular flexibility index (Phi) is 4.37. The van der Waals surface area contributed by atoms with E-state index in [1.165, 1.54) is 23.1 Å². The number of alkyl halides is 2. The Morgan fingerprint density at radius 1 is 1.21 bits per heavy atom. The molecule has 0 amide bonds. The van der Waals surface area contributed by atoms with Crippen molar-refractivity contribution in [2.45, 2.75) is 19.3 Å². The fourth-order valence-corrected chi connectivity index (χ4v) is 3.25. The average molecular weight is 355 g/mol. The van der Waals surface area contributed by atoms with Crippen molar-refractivity contribution in [3.8, 4) is 6.07 Å². The molecule has 24 heavy (non-hydrogen) atoms. The Bertz CT molecular complexity index is 845. The number of aryl methyl sites for hydroxylation is 1. The molecule has 0 saturated carbocycles. The van der Waals surface area contributed by atoms with E-state index in [2.05, 4.69) is 0 Å². The Morgan fingerprint density at radius 3 is 2.62 bits per heavy atom. The fourth-order valence-electron chi connectivity index (χ4n) is 3.04. The molecule has 3 rings (SSSR count). The van der Waals surface area contributed by atoms with Gasteiger partial charge in [-0.1, -0.05) is 11.6 Å². The van der Waals surface area contributed by atoms with E-state index in [9.17, 15) is 17.6 Å². The van der Waals surface area contributed by atoms with Gasteiger partial charge >= 0.3 is 0 Å². The van der Waals surface area contributed by atoms with Gasteiger partial charge in [-0.25, -0.2) is 17.6 Å². The van der Waals surface area contributed by atoms with E-state index < -0.39 is 23.6 Å². The van der Waals surface area contributed by atoms with Crippen LogP contribution in [0.5, 0.6) is 0 Å². The third-order valence-electron chi connectivity index (χ3n) is 4.00. The van der Waals surface area contributed by atoms with Gasteiger partial charge in [0.1, 0.15) is 17.7 Å². The van der Waals surface area contributed by atoms with E-state index in [-0.39, 0.29) is 28.5 Å². The molecule has 2 aromatic rings. The van der Waals surface area contributed by atoms with Gasteiger partial charge in [-0.3, -0.25) is 0 Å². The summed E-state index contributed by atoms with van der Waals surface area (Å²) in [6, 6.07) is 6.27. The summed E-state index contributed by atoms with van der Waals surface area (Å²) in [6.07, 6.45) is -1.96. The number of nitrogens with zero attached hydrogens (tertiary/aromatic N) is 2. The van der Waals surface area contributed by atoms with Crippen LogP contribution < -0.4 is 4.90 Å². The lowest BCUT2D eigenvalue weighted by atomic mass is 9.98. The van der Waals surface area contributed by atoms with Crippen molar-refractivity contribution >= 4 is 23.0 Å². The zero-order valence-corrected chi connectivity index (χ0v) is 13.0. The second-order valence-corrected chi connectivity index (χ2v) is 5.83. The lowest BCUT2D eigenvalue weighted by molar-refractivity contribution is 0.151. The Hall–Kier alpha value is -2.26. The van der Waals surface area contributed by atoms with E-state index >= 15 is 0 Å². The van der Waals surface area contributed by atoms with E-state index in [0.717, 1.165) is 6.07 Å². The summed E-state index contributed by atoms with van der Waals surface area (Å²) < 4.78 is 54.8. The van der Waals surface area contributed by atoms with Gasteiger partial charge in [-0.2, -0.15) is 5.26 Å². The first-order chi connectivity index (χ1) is 11.4. The molecular weight excluding hydrogens is 344 g/mol. The van der Waals surface area contributed by atoms with Crippen LogP contribution in [0.25, 0.3) is 0 Å². The number of halogens is 5. The number of rotatable bonds is 2. The predicted molar refractivity (Wildman–Crippen MR) is 82.8 cm³/mol. The van der Waals surface area contributed by atoms with Crippen LogP contribution in [0.4, 0.5) is 28.9 Å². The molecule has 0 atom stereocenters. The SMILES string of the molecule is N#Cc1c(Cl)ccc(N2CCCc3cc(F)cc(F)c32)c1C(F)F. The highest BCUT2D eigenvalue weighted by atomic mass is 35.5. The van der Waals surface area contributed by atoms with Crippen molar-refractivity contribution < 1.29 is 17.6 Å². The fraction of sp³-hybridized carbons (Fsp3) is 0.235. The van der Waals surface area contributed by atoms with E-state index in [0.29, 0.717) is 18.4 Å². The first-order valence-corrected chi connectivity index (χ1v) is 7.58. The van der Waals surface area contributed by atoms with Gasteiger partial charge in [0.15, 0.2) is 0 Å². The monoisotopic (exact) mass is 354 g/mol. The maximum Gasteiger partial charge on any atom is 0.267 e. The predicted octanol–water partition coefficient (Wildman–Crippen LogP) is 5.51. The molecule has 0 unspecified atom stereocenters. The van der Waals surface area contributed by atoms with Crippen LogP contribution in [0.1, 0.15) is 29.5 Å². The highest BCUT2D eigenvalue weighted by molar-refractivity contribution is 6.32. The minimum absolute atomic E-state index is 0.0115. The van der Waals surface area contributed by atoms with Crippen LogP contribution in [-0.4, -0.2) is 6.54 Å². The Labute approximate surface area is 140 Å². The zero-order valence-electron chi connectivity index (χ0n) is 12.3. The van der Waals surface area contributed by atoms with Gasteiger partial charge in [-0.15, -0.1) is 0 Å². The standard InChI is InChI=1S/C17H11ClF4N2/c18-12-3-4-14(15(17(21)22)11(12)8-23)24-5-1-2-9-6-10(19)7-13(20)16(9)24/h3-4,6-7,17H,1-2,5H2. The van der Waals surface area contributed by atoms with Gasteiger partial charge in [0.25, 0.3) is 6.43 Å². The summed E-state index contributed by atoms with van der Waals surface area (Å²) in [6.45, 7) is 0.280. The third kappa shape index (κ3) is 2.69. The van der Waals surface area contributed by atoms with Crippen LogP contribution >= 0.6 is 11.6 Å². The van der Waals surface area contributed by atoms with E-state index in [1.54, 1.807) is 6.07 Å². The number of hydrogen-bond acceptors (Lipinski definition) is 2. The normalized spacial score (nSPS) is 13.8. The van der Waals surface area contributed by atoms with Crippen molar-refractivity contribution in [1.29, 1.82) is 5.26 Å². The summed E-state index contributed by atoms with van der Waals surface area (Å²) in [4.78, 5) is 1.37. The van der Waals surface area contributed by atoms with E-state index in [1.807, 2.05) is 0 Å². The number of nitriles is 1. The van der Waals surface area contributed by atoms with Crippen LogP contribution in [0.2, 0.25) is 5.02 Å². The summed E-state index contributed by atoms with van der Waals surface area (Å²) in [5.74, 6) is -1.53. The molecule has 0 radical (unpaired) electrons. The summed E-state index contributed by atoms with van der Waals surface area (Å²) in [7, 11) is 0. The van der Waals surface area contributed by atoms with Crippen molar-refractivity contribution in [3.05, 3.63) is 57.6 Å². The summed E-state index contributed by atoms with van der Waals surface area (Å²) >= 11 is 5.84. The van der Waals surface area contributed by atoms with Crippen LogP contribution in [0, 0.1) is 23.0 Å². The third-order valence-corrected chi connectivity index (χ3v) is 4.31. The molecule has 0 aromatic heterocycles. The van der Waals surface area contributed by atoms with E-state index in [4.69, 9.17) is 16.9 Å². The lowest BCUT2D eigenvalue weighted by Gasteiger charge is -2.33. The lowest BCUT2D eigenvalue weighted by Crippen LogP contribution is -2.27. The highest BCUT2D eigenvalue weighted by Gasteiger charge is 2.29. The van der Waals surface area contributed by atoms with Crippen LogP contribution in [-0.2, 0) is 6.42 Å². The molecular formula is C17H11ClF4N2. The maximum absolute atomic E-state index is 14.3. The van der Waals surface area contributed by atoms with Gasteiger partial charge in [0.05, 0.1) is 27.5 Å². The molecule has 124 valence electrons. The molecule has 1 heterocycles. The average Bonchev–Trinajstić information content (AvgIpc) is 2.53. The van der Waals surface area contributed by atoms with Gasteiger partial charge < -0.3 is 4.90 Å². The summed E-state index contributed by atoms with van der Waals surface area (Å²) in [5, 5.41) is 9.06. The van der Waals surface area contributed by atoms with Crippen molar-refractivity contribution in [2.75, 3.05) is 11.4 Å². The molecule has 2 aromatic carbocycles. The topological polar surface area (TPSA) is 27.0 Å². The number of anilines is 2. The van der Waals surface area contributed by atoms with Crippen LogP contribution in [0.3, 0.4) is 0 Å². The molecule has 7 heteroatoms. The number of fused-ring (bicyclic) bond motifs is 1. The van der Waals surface area contributed by atoms with Crippen molar-refractivity contribution in [3.63, 3.8) is 0 Å². The smallest absolute Gasteiger partial charge is 0.267 e. The van der Waals surface area contributed by atoms with Gasteiger partial charge in [0, 0.05) is 12.6 Å². The van der Waals surface area contributed by atoms with Gasteiger partial charge in [-0.05, 0) is 36.6 Å². The quantitative estimate of drug-likeness (QED) is 0.665. The largest absolute Gasteiger partial charge is 0.338 e. The highest BCUT2D eigenvalue weighted by Crippen LogP contribution is 2.42.